The third kappa shape index (κ3) is 4.67. The summed E-state index contributed by atoms with van der Waals surface area (Å²) in [5.74, 6) is 0.932. The fraction of sp³-hybridized carbons (Fsp3) is 0.458. The quantitative estimate of drug-likeness (QED) is 0.770. The summed E-state index contributed by atoms with van der Waals surface area (Å²) in [6, 6.07) is 18.9. The minimum absolute atomic E-state index is 0.0463. The summed E-state index contributed by atoms with van der Waals surface area (Å²) in [5.41, 5.74) is 8.88. The first-order valence-corrected chi connectivity index (χ1v) is 10.8. The molecule has 3 unspecified atom stereocenters. The van der Waals surface area contributed by atoms with Gasteiger partial charge in [-0.25, -0.2) is 5.43 Å². The number of nitrogens with zero attached hydrogens (tertiary/aromatic N) is 2. The molecule has 2 N–H and O–H groups in total. The van der Waals surface area contributed by atoms with Crippen LogP contribution in [0.25, 0.3) is 0 Å². The van der Waals surface area contributed by atoms with Gasteiger partial charge in [-0.15, -0.1) is 0 Å². The number of likely N-dealkylation sites (tertiary alicyclic amines) is 1. The lowest BCUT2D eigenvalue weighted by Crippen LogP contribution is -2.50. The van der Waals surface area contributed by atoms with Crippen LogP contribution in [0.2, 0.25) is 0 Å². The van der Waals surface area contributed by atoms with Gasteiger partial charge in [-0.3, -0.25) is 15.1 Å². The summed E-state index contributed by atoms with van der Waals surface area (Å²) in [5, 5.41) is 0. The molecular formula is C24H32N4O2. The number of likely N-dealkylation sites (N-methyl/N-ethyl adjacent to an activating group) is 1. The van der Waals surface area contributed by atoms with Gasteiger partial charge in [-0.05, 0) is 43.1 Å². The van der Waals surface area contributed by atoms with Crippen molar-refractivity contribution < 1.29 is 9.53 Å². The lowest BCUT2D eigenvalue weighted by molar-refractivity contribution is -0.137. The third-order valence-electron chi connectivity index (χ3n) is 6.36. The largest absolute Gasteiger partial charge is 0.497 e. The van der Waals surface area contributed by atoms with E-state index >= 15 is 0 Å². The minimum Gasteiger partial charge on any atom is -0.497 e. The van der Waals surface area contributed by atoms with Gasteiger partial charge in [0.1, 0.15) is 5.75 Å². The van der Waals surface area contributed by atoms with Gasteiger partial charge in [0.15, 0.2) is 0 Å². The van der Waals surface area contributed by atoms with Crippen LogP contribution in [0.15, 0.2) is 54.6 Å². The Morgan fingerprint density at radius 2 is 2.03 bits per heavy atom. The normalized spacial score (nSPS) is 24.2. The molecule has 2 aliphatic heterocycles. The van der Waals surface area contributed by atoms with Crippen molar-refractivity contribution >= 4 is 5.91 Å². The van der Waals surface area contributed by atoms with E-state index in [1.807, 2.05) is 24.3 Å². The molecule has 4 rings (SSSR count). The first-order valence-electron chi connectivity index (χ1n) is 10.8. The summed E-state index contributed by atoms with van der Waals surface area (Å²) in [6.07, 6.45) is 2.18. The van der Waals surface area contributed by atoms with E-state index in [1.165, 1.54) is 5.56 Å². The molecule has 0 aromatic heterocycles. The van der Waals surface area contributed by atoms with Crippen LogP contribution in [-0.4, -0.2) is 55.5 Å². The van der Waals surface area contributed by atoms with Crippen molar-refractivity contribution in [2.45, 2.75) is 31.5 Å². The Labute approximate surface area is 179 Å². The van der Waals surface area contributed by atoms with Crippen molar-refractivity contribution in [1.29, 1.82) is 0 Å². The summed E-state index contributed by atoms with van der Waals surface area (Å²) in [4.78, 5) is 17.9. The van der Waals surface area contributed by atoms with E-state index in [1.54, 1.807) is 7.11 Å². The number of amides is 1. The molecule has 0 bridgehead atoms. The Bertz CT molecular complexity index is 844. The van der Waals surface area contributed by atoms with E-state index < -0.39 is 0 Å². The summed E-state index contributed by atoms with van der Waals surface area (Å²) in [6.45, 7) is 3.19. The molecule has 6 heteroatoms. The molecule has 160 valence electrons. The van der Waals surface area contributed by atoms with E-state index in [0.717, 1.165) is 43.8 Å². The summed E-state index contributed by atoms with van der Waals surface area (Å²) in [7, 11) is 3.84. The lowest BCUT2D eigenvalue weighted by Gasteiger charge is -2.39. The number of nitrogens with one attached hydrogen (secondary N) is 2. The van der Waals surface area contributed by atoms with Crippen molar-refractivity contribution in [2.24, 2.45) is 5.92 Å². The molecule has 0 aliphatic carbocycles. The van der Waals surface area contributed by atoms with Gasteiger partial charge in [0, 0.05) is 32.2 Å². The van der Waals surface area contributed by atoms with E-state index in [9.17, 15) is 4.79 Å². The molecule has 2 aromatic carbocycles. The van der Waals surface area contributed by atoms with Gasteiger partial charge in [-0.1, -0.05) is 42.5 Å². The van der Waals surface area contributed by atoms with Crippen molar-refractivity contribution in [3.63, 3.8) is 0 Å². The molecule has 2 saturated heterocycles. The predicted octanol–water partition coefficient (Wildman–Crippen LogP) is 2.58. The van der Waals surface area contributed by atoms with Gasteiger partial charge in [0.2, 0.25) is 5.91 Å². The highest BCUT2D eigenvalue weighted by molar-refractivity contribution is 5.80. The van der Waals surface area contributed by atoms with Gasteiger partial charge >= 0.3 is 0 Å². The van der Waals surface area contributed by atoms with Crippen LogP contribution in [0.1, 0.15) is 30.0 Å². The summed E-state index contributed by atoms with van der Waals surface area (Å²) >= 11 is 0. The number of carbonyl (C=O) groups is 1. The highest BCUT2D eigenvalue weighted by Crippen LogP contribution is 2.30. The zero-order chi connectivity index (χ0) is 20.9. The van der Waals surface area contributed by atoms with Crippen molar-refractivity contribution in [2.75, 3.05) is 33.8 Å². The van der Waals surface area contributed by atoms with E-state index in [0.29, 0.717) is 12.6 Å². The Kier molecular flexibility index (Phi) is 6.67. The predicted molar refractivity (Wildman–Crippen MR) is 118 cm³/mol. The molecule has 1 amide bonds. The SMILES string of the molecule is COc1cccc(C2NNCC2C(=O)N2CCCC(N(C)Cc3ccccc3)C2)c1. The van der Waals surface area contributed by atoms with Crippen LogP contribution < -0.4 is 15.6 Å². The highest BCUT2D eigenvalue weighted by atomic mass is 16.5. The molecule has 2 fully saturated rings. The number of benzene rings is 2. The second kappa shape index (κ2) is 9.60. The Hall–Kier alpha value is -2.41. The molecular weight excluding hydrogens is 376 g/mol. The van der Waals surface area contributed by atoms with E-state index in [-0.39, 0.29) is 17.9 Å². The van der Waals surface area contributed by atoms with Crippen molar-refractivity contribution in [1.82, 2.24) is 20.7 Å². The molecule has 0 radical (unpaired) electrons. The molecule has 2 heterocycles. The molecule has 6 nitrogen and oxygen atoms in total. The van der Waals surface area contributed by atoms with Gasteiger partial charge in [0.25, 0.3) is 0 Å². The fourth-order valence-corrected chi connectivity index (χ4v) is 4.63. The Morgan fingerprint density at radius 1 is 1.20 bits per heavy atom. The number of hydrogen-bond donors (Lipinski definition) is 2. The van der Waals surface area contributed by atoms with Gasteiger partial charge in [0.05, 0.1) is 19.1 Å². The van der Waals surface area contributed by atoms with E-state index in [2.05, 4.69) is 58.0 Å². The Morgan fingerprint density at radius 3 is 2.83 bits per heavy atom. The zero-order valence-electron chi connectivity index (χ0n) is 17.9. The standard InChI is InChI=1S/C24H32N4O2/c1-27(16-18-8-4-3-5-9-18)20-11-7-13-28(17-20)24(29)22-15-25-26-23(22)19-10-6-12-21(14-19)30-2/h3-6,8-10,12,14,20,22-23,25-26H,7,11,13,15-17H2,1-2H3. The average molecular weight is 409 g/mol. The monoisotopic (exact) mass is 408 g/mol. The summed E-state index contributed by atoms with van der Waals surface area (Å²) < 4.78 is 5.37. The first kappa shape index (κ1) is 20.8. The number of carbonyl (C=O) groups excluding carboxylic acids is 1. The van der Waals surface area contributed by atoms with Gasteiger partial charge in [-0.2, -0.15) is 0 Å². The molecule has 2 aromatic rings. The van der Waals surface area contributed by atoms with E-state index in [4.69, 9.17) is 4.74 Å². The van der Waals surface area contributed by atoms with Crippen LogP contribution in [0.4, 0.5) is 0 Å². The van der Waals surface area contributed by atoms with Crippen LogP contribution in [0, 0.1) is 5.92 Å². The highest BCUT2D eigenvalue weighted by Gasteiger charge is 2.38. The molecule has 2 aliphatic rings. The number of hydrazine groups is 1. The molecule has 30 heavy (non-hydrogen) atoms. The van der Waals surface area contributed by atoms with Gasteiger partial charge < -0.3 is 9.64 Å². The number of piperidine rings is 1. The maximum absolute atomic E-state index is 13.5. The third-order valence-corrected chi connectivity index (χ3v) is 6.36. The van der Waals surface area contributed by atoms with Crippen LogP contribution in [0.3, 0.4) is 0 Å². The number of rotatable bonds is 6. The number of ether oxygens (including phenoxy) is 1. The second-order valence-corrected chi connectivity index (χ2v) is 8.37. The minimum atomic E-state index is -0.115. The van der Waals surface area contributed by atoms with Crippen LogP contribution in [0.5, 0.6) is 5.75 Å². The first-order chi connectivity index (χ1) is 14.7. The molecule has 0 saturated carbocycles. The number of methoxy groups -OCH3 is 1. The smallest absolute Gasteiger partial charge is 0.229 e. The molecule has 3 atom stereocenters. The number of hydrogen-bond acceptors (Lipinski definition) is 5. The topological polar surface area (TPSA) is 56.8 Å². The average Bonchev–Trinajstić information content (AvgIpc) is 3.29. The maximum atomic E-state index is 13.5. The molecule has 0 spiro atoms. The lowest BCUT2D eigenvalue weighted by atomic mass is 9.92. The Balaban J connectivity index is 1.42. The maximum Gasteiger partial charge on any atom is 0.229 e. The fourth-order valence-electron chi connectivity index (χ4n) is 4.63. The van der Waals surface area contributed by atoms with Crippen molar-refractivity contribution in [3.05, 3.63) is 65.7 Å². The van der Waals surface area contributed by atoms with Crippen molar-refractivity contribution in [3.8, 4) is 5.75 Å². The zero-order valence-corrected chi connectivity index (χ0v) is 17.9. The van der Waals surface area contributed by atoms with Crippen LogP contribution >= 0.6 is 0 Å². The second-order valence-electron chi connectivity index (χ2n) is 8.37. The van der Waals surface area contributed by atoms with Crippen LogP contribution in [-0.2, 0) is 11.3 Å².